The first-order chi connectivity index (χ1) is 8.84. The highest BCUT2D eigenvalue weighted by Crippen LogP contribution is 2.29. The second kappa shape index (κ2) is 5.41. The highest BCUT2D eigenvalue weighted by Gasteiger charge is 2.24. The topological polar surface area (TPSA) is 39.1 Å². The van der Waals surface area contributed by atoms with E-state index in [1.807, 2.05) is 4.68 Å². The van der Waals surface area contributed by atoms with Crippen molar-refractivity contribution in [2.75, 3.05) is 19.8 Å². The molecule has 0 radical (unpaired) electrons. The quantitative estimate of drug-likeness (QED) is 0.888. The van der Waals surface area contributed by atoms with Gasteiger partial charge in [0.15, 0.2) is 0 Å². The van der Waals surface area contributed by atoms with Crippen molar-refractivity contribution in [1.82, 2.24) is 15.1 Å². The molecule has 1 aromatic heterocycles. The molecule has 1 atom stereocenters. The second-order valence-electron chi connectivity index (χ2n) is 5.58. The first-order valence-corrected chi connectivity index (χ1v) is 7.16. The van der Waals surface area contributed by atoms with Crippen LogP contribution in [0.3, 0.4) is 0 Å². The zero-order valence-corrected chi connectivity index (χ0v) is 11.2. The fraction of sp³-hybridized carbons (Fsp3) is 0.786. The lowest BCUT2D eigenvalue weighted by atomic mass is 9.92. The Hall–Kier alpha value is -0.870. The standard InChI is InChI=1S/C14H23N3O/c1-17-14-4-2-3-13(12(14)10-16-17)15-9-11-5-7-18-8-6-11/h10-11,13,15H,2-9H2,1H3. The van der Waals surface area contributed by atoms with Crippen LogP contribution in [0.15, 0.2) is 6.20 Å². The van der Waals surface area contributed by atoms with Gasteiger partial charge in [0.1, 0.15) is 0 Å². The average Bonchev–Trinajstić information content (AvgIpc) is 2.80. The summed E-state index contributed by atoms with van der Waals surface area (Å²) in [6, 6.07) is 0.519. The molecule has 1 aromatic rings. The van der Waals surface area contributed by atoms with Crippen molar-refractivity contribution >= 4 is 0 Å². The fourth-order valence-corrected chi connectivity index (χ4v) is 3.18. The van der Waals surface area contributed by atoms with Crippen LogP contribution in [0.2, 0.25) is 0 Å². The Balaban J connectivity index is 1.60. The Labute approximate surface area is 109 Å². The minimum atomic E-state index is 0.519. The van der Waals surface area contributed by atoms with E-state index in [4.69, 9.17) is 4.74 Å². The molecule has 0 saturated carbocycles. The highest BCUT2D eigenvalue weighted by atomic mass is 16.5. The van der Waals surface area contributed by atoms with Crippen LogP contribution >= 0.6 is 0 Å². The fourth-order valence-electron chi connectivity index (χ4n) is 3.18. The summed E-state index contributed by atoms with van der Waals surface area (Å²) in [4.78, 5) is 0. The van der Waals surface area contributed by atoms with Gasteiger partial charge in [0, 0.05) is 37.6 Å². The van der Waals surface area contributed by atoms with Crippen LogP contribution in [0.5, 0.6) is 0 Å². The lowest BCUT2D eigenvalue weighted by Gasteiger charge is -2.28. The summed E-state index contributed by atoms with van der Waals surface area (Å²) < 4.78 is 7.45. The molecule has 4 nitrogen and oxygen atoms in total. The zero-order valence-electron chi connectivity index (χ0n) is 11.2. The van der Waals surface area contributed by atoms with Gasteiger partial charge in [-0.25, -0.2) is 0 Å². The maximum absolute atomic E-state index is 5.41. The van der Waals surface area contributed by atoms with E-state index >= 15 is 0 Å². The molecular formula is C14H23N3O. The number of rotatable bonds is 3. The lowest BCUT2D eigenvalue weighted by molar-refractivity contribution is 0.0652. The van der Waals surface area contributed by atoms with Gasteiger partial charge in [-0.1, -0.05) is 0 Å². The molecule has 4 heteroatoms. The van der Waals surface area contributed by atoms with Crippen molar-refractivity contribution in [1.29, 1.82) is 0 Å². The maximum Gasteiger partial charge on any atom is 0.0540 e. The Bertz CT molecular complexity index is 396. The van der Waals surface area contributed by atoms with E-state index in [9.17, 15) is 0 Å². The summed E-state index contributed by atoms with van der Waals surface area (Å²) in [5.74, 6) is 0.792. The molecule has 2 aliphatic rings. The summed E-state index contributed by atoms with van der Waals surface area (Å²) in [7, 11) is 2.06. The van der Waals surface area contributed by atoms with Crippen LogP contribution < -0.4 is 5.32 Å². The number of fused-ring (bicyclic) bond motifs is 1. The summed E-state index contributed by atoms with van der Waals surface area (Å²) in [6.07, 6.45) is 8.18. The summed E-state index contributed by atoms with van der Waals surface area (Å²) >= 11 is 0. The van der Waals surface area contributed by atoms with Crippen LogP contribution in [0, 0.1) is 5.92 Å². The van der Waals surface area contributed by atoms with Crippen LogP contribution in [-0.4, -0.2) is 29.5 Å². The van der Waals surface area contributed by atoms with Gasteiger partial charge >= 0.3 is 0 Å². The predicted octanol–water partition coefficient (Wildman–Crippen LogP) is 1.81. The van der Waals surface area contributed by atoms with Gasteiger partial charge < -0.3 is 10.1 Å². The monoisotopic (exact) mass is 249 g/mol. The normalized spacial score (nSPS) is 25.1. The van der Waals surface area contributed by atoms with E-state index < -0.39 is 0 Å². The molecule has 1 aliphatic heterocycles. The van der Waals surface area contributed by atoms with Crippen LogP contribution in [0.4, 0.5) is 0 Å². The van der Waals surface area contributed by atoms with E-state index in [0.717, 1.165) is 25.7 Å². The Kier molecular flexibility index (Phi) is 3.66. The average molecular weight is 249 g/mol. The third-order valence-electron chi connectivity index (χ3n) is 4.37. The van der Waals surface area contributed by atoms with Gasteiger partial charge in [-0.3, -0.25) is 4.68 Å². The number of aryl methyl sites for hydroxylation is 1. The van der Waals surface area contributed by atoms with Crippen molar-refractivity contribution in [2.45, 2.75) is 38.1 Å². The Morgan fingerprint density at radius 2 is 2.22 bits per heavy atom. The zero-order chi connectivity index (χ0) is 12.4. The maximum atomic E-state index is 5.41. The van der Waals surface area contributed by atoms with E-state index in [2.05, 4.69) is 23.7 Å². The Morgan fingerprint density at radius 1 is 1.39 bits per heavy atom. The largest absolute Gasteiger partial charge is 0.381 e. The molecule has 0 amide bonds. The number of aromatic nitrogens is 2. The molecule has 1 N–H and O–H groups in total. The highest BCUT2D eigenvalue weighted by molar-refractivity contribution is 5.24. The first kappa shape index (κ1) is 12.2. The minimum Gasteiger partial charge on any atom is -0.381 e. The molecule has 1 unspecified atom stereocenters. The smallest absolute Gasteiger partial charge is 0.0540 e. The second-order valence-corrected chi connectivity index (χ2v) is 5.58. The molecule has 0 aromatic carbocycles. The number of nitrogens with zero attached hydrogens (tertiary/aromatic N) is 2. The molecule has 1 fully saturated rings. The van der Waals surface area contributed by atoms with Gasteiger partial charge in [-0.05, 0) is 44.6 Å². The van der Waals surface area contributed by atoms with Crippen molar-refractivity contribution in [3.8, 4) is 0 Å². The summed E-state index contributed by atoms with van der Waals surface area (Å²) in [5, 5.41) is 8.15. The molecular weight excluding hydrogens is 226 g/mol. The molecule has 1 saturated heterocycles. The van der Waals surface area contributed by atoms with E-state index in [-0.39, 0.29) is 0 Å². The summed E-state index contributed by atoms with van der Waals surface area (Å²) in [5.41, 5.74) is 2.85. The van der Waals surface area contributed by atoms with Crippen molar-refractivity contribution in [2.24, 2.45) is 13.0 Å². The first-order valence-electron chi connectivity index (χ1n) is 7.16. The van der Waals surface area contributed by atoms with Crippen molar-refractivity contribution < 1.29 is 4.74 Å². The molecule has 3 rings (SSSR count). The molecule has 100 valence electrons. The van der Waals surface area contributed by atoms with Gasteiger partial charge in [-0.2, -0.15) is 5.10 Å². The van der Waals surface area contributed by atoms with E-state index in [1.165, 1.54) is 43.4 Å². The van der Waals surface area contributed by atoms with Crippen LogP contribution in [0.1, 0.15) is 43.0 Å². The Morgan fingerprint density at radius 3 is 3.06 bits per heavy atom. The number of ether oxygens (including phenoxy) is 1. The molecule has 0 bridgehead atoms. The third kappa shape index (κ3) is 2.45. The molecule has 2 heterocycles. The van der Waals surface area contributed by atoms with Gasteiger partial charge in [-0.15, -0.1) is 0 Å². The molecule has 18 heavy (non-hydrogen) atoms. The van der Waals surface area contributed by atoms with Crippen molar-refractivity contribution in [3.63, 3.8) is 0 Å². The SMILES string of the molecule is Cn1ncc2c1CCCC2NCC1CCOCC1. The van der Waals surface area contributed by atoms with Gasteiger partial charge in [0.2, 0.25) is 0 Å². The predicted molar refractivity (Wildman–Crippen MR) is 70.4 cm³/mol. The summed E-state index contributed by atoms with van der Waals surface area (Å²) in [6.45, 7) is 3.01. The number of hydrogen-bond donors (Lipinski definition) is 1. The van der Waals surface area contributed by atoms with E-state index in [0.29, 0.717) is 6.04 Å². The molecule has 1 aliphatic carbocycles. The number of nitrogens with one attached hydrogen (secondary N) is 1. The van der Waals surface area contributed by atoms with Crippen molar-refractivity contribution in [3.05, 3.63) is 17.5 Å². The van der Waals surface area contributed by atoms with Gasteiger partial charge in [0.25, 0.3) is 0 Å². The van der Waals surface area contributed by atoms with E-state index in [1.54, 1.807) is 0 Å². The van der Waals surface area contributed by atoms with Gasteiger partial charge in [0.05, 0.1) is 6.20 Å². The van der Waals surface area contributed by atoms with Crippen LogP contribution in [-0.2, 0) is 18.2 Å². The minimum absolute atomic E-state index is 0.519. The van der Waals surface area contributed by atoms with Crippen LogP contribution in [0.25, 0.3) is 0 Å². The number of hydrogen-bond acceptors (Lipinski definition) is 3. The molecule has 0 spiro atoms. The lowest BCUT2D eigenvalue weighted by Crippen LogP contribution is -2.32. The third-order valence-corrected chi connectivity index (χ3v) is 4.37.